The second-order valence-electron chi connectivity index (χ2n) is 3.59. The molecule has 5 heteroatoms. The molecule has 0 aliphatic rings. The third kappa shape index (κ3) is 2.73. The van der Waals surface area contributed by atoms with Gasteiger partial charge in [-0.3, -0.25) is 4.79 Å². The number of carbonyl (C=O) groups is 1. The first-order chi connectivity index (χ1) is 8.58. The van der Waals surface area contributed by atoms with E-state index in [1.807, 2.05) is 0 Å². The third-order valence-corrected chi connectivity index (χ3v) is 2.87. The van der Waals surface area contributed by atoms with E-state index in [9.17, 15) is 9.18 Å². The molecule has 0 aliphatic heterocycles. The van der Waals surface area contributed by atoms with Crippen molar-refractivity contribution < 1.29 is 13.9 Å². The number of aromatic nitrogens is 1. The Kier molecular flexibility index (Phi) is 3.72. The minimum atomic E-state index is -0.373. The number of Topliss-reactive ketones (excluding diaryl/α,β-unsaturated/α-hetero) is 1. The van der Waals surface area contributed by atoms with E-state index in [-0.39, 0.29) is 17.5 Å². The van der Waals surface area contributed by atoms with Gasteiger partial charge >= 0.3 is 0 Å². The van der Waals surface area contributed by atoms with Crippen molar-refractivity contribution in [2.24, 2.45) is 0 Å². The number of ketones is 1. The standard InChI is InChI=1S/C13H9BrFNO2/c1-8(17)10-3-2-6-16-13(10)18-12-5-4-9(15)7-11(12)14/h2-7H,1H3. The molecular weight excluding hydrogens is 301 g/mol. The average molecular weight is 310 g/mol. The second kappa shape index (κ2) is 5.27. The summed E-state index contributed by atoms with van der Waals surface area (Å²) in [4.78, 5) is 15.4. The first-order valence-electron chi connectivity index (χ1n) is 5.17. The smallest absolute Gasteiger partial charge is 0.230 e. The van der Waals surface area contributed by atoms with Crippen LogP contribution in [0.4, 0.5) is 4.39 Å². The van der Waals surface area contributed by atoms with Crippen molar-refractivity contribution in [2.45, 2.75) is 6.92 Å². The molecule has 0 radical (unpaired) electrons. The fourth-order valence-electron chi connectivity index (χ4n) is 1.40. The molecule has 0 aliphatic carbocycles. The molecule has 2 aromatic rings. The lowest BCUT2D eigenvalue weighted by Gasteiger charge is -2.09. The molecule has 0 bridgehead atoms. The van der Waals surface area contributed by atoms with E-state index < -0.39 is 0 Å². The summed E-state index contributed by atoms with van der Waals surface area (Å²) >= 11 is 3.19. The molecule has 0 saturated carbocycles. The highest BCUT2D eigenvalue weighted by atomic mass is 79.9. The molecule has 1 aromatic heterocycles. The second-order valence-corrected chi connectivity index (χ2v) is 4.44. The zero-order valence-corrected chi connectivity index (χ0v) is 11.1. The first kappa shape index (κ1) is 12.7. The fraction of sp³-hybridized carbons (Fsp3) is 0.0769. The molecule has 18 heavy (non-hydrogen) atoms. The number of halogens is 2. The van der Waals surface area contributed by atoms with Crippen molar-refractivity contribution in [1.29, 1.82) is 0 Å². The summed E-state index contributed by atoms with van der Waals surface area (Å²) in [5.41, 5.74) is 0.383. The third-order valence-electron chi connectivity index (χ3n) is 2.25. The van der Waals surface area contributed by atoms with Crippen LogP contribution in [0.2, 0.25) is 0 Å². The van der Waals surface area contributed by atoms with Crippen LogP contribution in [-0.2, 0) is 0 Å². The Labute approximate surface area is 112 Å². The summed E-state index contributed by atoms with van der Waals surface area (Å²) < 4.78 is 18.9. The Morgan fingerprint density at radius 1 is 1.39 bits per heavy atom. The van der Waals surface area contributed by atoms with Crippen molar-refractivity contribution in [2.75, 3.05) is 0 Å². The highest BCUT2D eigenvalue weighted by Gasteiger charge is 2.12. The number of pyridine rings is 1. The van der Waals surface area contributed by atoms with E-state index >= 15 is 0 Å². The lowest BCUT2D eigenvalue weighted by Crippen LogP contribution is -1.99. The summed E-state index contributed by atoms with van der Waals surface area (Å²) in [6, 6.07) is 7.31. The summed E-state index contributed by atoms with van der Waals surface area (Å²) in [6.45, 7) is 1.43. The summed E-state index contributed by atoms with van der Waals surface area (Å²) in [5, 5.41) is 0. The van der Waals surface area contributed by atoms with E-state index in [4.69, 9.17) is 4.74 Å². The van der Waals surface area contributed by atoms with Gasteiger partial charge in [0.1, 0.15) is 11.6 Å². The number of nitrogens with zero attached hydrogens (tertiary/aromatic N) is 1. The minimum absolute atomic E-state index is 0.142. The zero-order chi connectivity index (χ0) is 13.1. The number of ether oxygens (including phenoxy) is 1. The van der Waals surface area contributed by atoms with Crippen LogP contribution in [0.5, 0.6) is 11.6 Å². The average Bonchev–Trinajstić information content (AvgIpc) is 2.33. The molecule has 0 N–H and O–H groups in total. The van der Waals surface area contributed by atoms with E-state index in [1.54, 1.807) is 12.1 Å². The van der Waals surface area contributed by atoms with E-state index in [2.05, 4.69) is 20.9 Å². The number of carbonyl (C=O) groups excluding carboxylic acids is 1. The van der Waals surface area contributed by atoms with Gasteiger partial charge in [-0.15, -0.1) is 0 Å². The topological polar surface area (TPSA) is 39.2 Å². The maximum absolute atomic E-state index is 12.9. The van der Waals surface area contributed by atoms with E-state index in [0.717, 1.165) is 0 Å². The van der Waals surface area contributed by atoms with Crippen molar-refractivity contribution in [1.82, 2.24) is 4.98 Å². The van der Waals surface area contributed by atoms with Gasteiger partial charge in [0.05, 0.1) is 10.0 Å². The number of hydrogen-bond acceptors (Lipinski definition) is 3. The summed E-state index contributed by atoms with van der Waals surface area (Å²) in [5.74, 6) is 0.0910. The van der Waals surface area contributed by atoms with Gasteiger partial charge in [0.25, 0.3) is 0 Å². The van der Waals surface area contributed by atoms with Crippen molar-refractivity contribution in [3.05, 3.63) is 52.4 Å². The fourth-order valence-corrected chi connectivity index (χ4v) is 1.83. The maximum atomic E-state index is 12.9. The van der Waals surface area contributed by atoms with Gasteiger partial charge in [-0.1, -0.05) is 0 Å². The SMILES string of the molecule is CC(=O)c1cccnc1Oc1ccc(F)cc1Br. The van der Waals surface area contributed by atoms with E-state index in [1.165, 1.54) is 31.3 Å². The van der Waals surface area contributed by atoms with Gasteiger partial charge in [-0.05, 0) is 53.2 Å². The quantitative estimate of drug-likeness (QED) is 0.805. The molecule has 0 atom stereocenters. The van der Waals surface area contributed by atoms with E-state index in [0.29, 0.717) is 15.8 Å². The Morgan fingerprint density at radius 2 is 2.17 bits per heavy atom. The zero-order valence-electron chi connectivity index (χ0n) is 9.48. The molecule has 0 amide bonds. The Morgan fingerprint density at radius 3 is 2.83 bits per heavy atom. The van der Waals surface area contributed by atoms with Crippen LogP contribution in [0.3, 0.4) is 0 Å². The van der Waals surface area contributed by atoms with Crippen molar-refractivity contribution in [3.63, 3.8) is 0 Å². The van der Waals surface area contributed by atoms with Crippen LogP contribution in [0.1, 0.15) is 17.3 Å². The van der Waals surface area contributed by atoms with Gasteiger partial charge < -0.3 is 4.74 Å². The number of rotatable bonds is 3. The van der Waals surface area contributed by atoms with Gasteiger partial charge in [0.15, 0.2) is 5.78 Å². The van der Waals surface area contributed by atoms with Crippen LogP contribution in [-0.4, -0.2) is 10.8 Å². The first-order valence-corrected chi connectivity index (χ1v) is 5.96. The Hall–Kier alpha value is -1.75. The molecule has 2 rings (SSSR count). The van der Waals surface area contributed by atoms with Gasteiger partial charge in [-0.25, -0.2) is 9.37 Å². The van der Waals surface area contributed by atoms with Crippen LogP contribution in [0.25, 0.3) is 0 Å². The Balaban J connectivity index is 2.37. The summed E-state index contributed by atoms with van der Waals surface area (Å²) in [7, 11) is 0. The van der Waals surface area contributed by atoms with Crippen LogP contribution in [0, 0.1) is 5.82 Å². The number of benzene rings is 1. The highest BCUT2D eigenvalue weighted by Crippen LogP contribution is 2.30. The predicted molar refractivity (Wildman–Crippen MR) is 68.4 cm³/mol. The van der Waals surface area contributed by atoms with Crippen LogP contribution >= 0.6 is 15.9 Å². The Bertz CT molecular complexity index is 601. The maximum Gasteiger partial charge on any atom is 0.230 e. The molecule has 3 nitrogen and oxygen atoms in total. The van der Waals surface area contributed by atoms with Gasteiger partial charge in [-0.2, -0.15) is 0 Å². The van der Waals surface area contributed by atoms with Crippen LogP contribution < -0.4 is 4.74 Å². The molecule has 0 fully saturated rings. The molecule has 1 aromatic carbocycles. The largest absolute Gasteiger partial charge is 0.437 e. The normalized spacial score (nSPS) is 10.2. The van der Waals surface area contributed by atoms with Crippen molar-refractivity contribution in [3.8, 4) is 11.6 Å². The molecular formula is C13H9BrFNO2. The number of hydrogen-bond donors (Lipinski definition) is 0. The lowest BCUT2D eigenvalue weighted by atomic mass is 10.2. The van der Waals surface area contributed by atoms with Crippen molar-refractivity contribution >= 4 is 21.7 Å². The molecule has 0 saturated heterocycles. The molecule has 0 spiro atoms. The van der Waals surface area contributed by atoms with Gasteiger partial charge in [0.2, 0.25) is 5.88 Å². The van der Waals surface area contributed by atoms with Crippen LogP contribution in [0.15, 0.2) is 41.0 Å². The molecule has 1 heterocycles. The minimum Gasteiger partial charge on any atom is -0.437 e. The molecule has 0 unspecified atom stereocenters. The predicted octanol–water partition coefficient (Wildman–Crippen LogP) is 3.98. The van der Waals surface area contributed by atoms with Gasteiger partial charge in [0, 0.05) is 6.20 Å². The monoisotopic (exact) mass is 309 g/mol. The molecule has 92 valence electrons. The highest BCUT2D eigenvalue weighted by molar-refractivity contribution is 9.10. The lowest BCUT2D eigenvalue weighted by molar-refractivity contribution is 0.101. The summed E-state index contributed by atoms with van der Waals surface area (Å²) in [6.07, 6.45) is 1.53.